The zero-order chi connectivity index (χ0) is 13.4. The molecule has 0 saturated heterocycles. The van der Waals surface area contributed by atoms with E-state index in [1.807, 2.05) is 11.8 Å². The van der Waals surface area contributed by atoms with Gasteiger partial charge in [-0.2, -0.15) is 0 Å². The number of hydrogen-bond acceptors (Lipinski definition) is 1. The summed E-state index contributed by atoms with van der Waals surface area (Å²) in [4.78, 5) is 1.59. The van der Waals surface area contributed by atoms with Gasteiger partial charge < -0.3 is 0 Å². The molecule has 0 aromatic carbocycles. The van der Waals surface area contributed by atoms with Gasteiger partial charge in [0.1, 0.15) is 0 Å². The van der Waals surface area contributed by atoms with E-state index in [9.17, 15) is 0 Å². The molecular formula is C16H28S. The van der Waals surface area contributed by atoms with Crippen molar-refractivity contribution in [1.29, 1.82) is 0 Å². The summed E-state index contributed by atoms with van der Waals surface area (Å²) in [5, 5.41) is 0. The Morgan fingerprint density at radius 3 is 2.00 bits per heavy atom. The Labute approximate surface area is 112 Å². The second-order valence-corrected chi connectivity index (χ2v) is 9.16. The predicted octanol–water partition coefficient (Wildman–Crippen LogP) is 5.80. The van der Waals surface area contributed by atoms with Crippen molar-refractivity contribution in [1.82, 2.24) is 0 Å². The normalized spacial score (nSPS) is 22.8. The first-order chi connectivity index (χ1) is 7.50. The molecule has 0 N–H and O–H groups in total. The average Bonchev–Trinajstić information content (AvgIpc) is 2.07. The largest absolute Gasteiger partial charge is 0.124 e. The molecule has 1 unspecified atom stereocenters. The lowest BCUT2D eigenvalue weighted by Gasteiger charge is -2.33. The first-order valence-electron chi connectivity index (χ1n) is 6.61. The quantitative estimate of drug-likeness (QED) is 0.568. The van der Waals surface area contributed by atoms with Crippen molar-refractivity contribution in [3.05, 3.63) is 22.1 Å². The molecule has 0 heterocycles. The predicted molar refractivity (Wildman–Crippen MR) is 81.4 cm³/mol. The van der Waals surface area contributed by atoms with Gasteiger partial charge in [0.05, 0.1) is 0 Å². The fourth-order valence-electron chi connectivity index (χ4n) is 2.24. The smallest absolute Gasteiger partial charge is 0.0119 e. The zero-order valence-corrected chi connectivity index (χ0v) is 13.6. The summed E-state index contributed by atoms with van der Waals surface area (Å²) in [5.74, 6) is 0.679. The summed E-state index contributed by atoms with van der Waals surface area (Å²) < 4.78 is 0.317. The highest BCUT2D eigenvalue weighted by atomic mass is 32.2. The van der Waals surface area contributed by atoms with Crippen LogP contribution in [0, 0.1) is 11.3 Å². The monoisotopic (exact) mass is 252 g/mol. The highest BCUT2D eigenvalue weighted by Crippen LogP contribution is 2.45. The van der Waals surface area contributed by atoms with Crippen molar-refractivity contribution in [2.75, 3.05) is 0 Å². The number of hydrogen-bond donors (Lipinski definition) is 0. The van der Waals surface area contributed by atoms with E-state index in [0.717, 1.165) is 0 Å². The van der Waals surface area contributed by atoms with E-state index in [0.29, 0.717) is 16.1 Å². The Morgan fingerprint density at radius 2 is 1.65 bits per heavy atom. The summed E-state index contributed by atoms with van der Waals surface area (Å²) in [6.45, 7) is 18.5. The minimum absolute atomic E-state index is 0.313. The van der Waals surface area contributed by atoms with Gasteiger partial charge in [-0.25, -0.2) is 0 Å². The van der Waals surface area contributed by atoms with E-state index >= 15 is 0 Å². The molecule has 17 heavy (non-hydrogen) atoms. The van der Waals surface area contributed by atoms with E-state index in [4.69, 9.17) is 0 Å². The Hall–Kier alpha value is -0.170. The van der Waals surface area contributed by atoms with Crippen LogP contribution >= 0.6 is 11.8 Å². The summed E-state index contributed by atoms with van der Waals surface area (Å²) in [5.41, 5.74) is 3.39. The second kappa shape index (κ2) is 4.84. The van der Waals surface area contributed by atoms with Crippen molar-refractivity contribution < 1.29 is 0 Å². The van der Waals surface area contributed by atoms with Crippen LogP contribution < -0.4 is 0 Å². The molecule has 1 heteroatoms. The van der Waals surface area contributed by atoms with Crippen molar-refractivity contribution in [3.63, 3.8) is 0 Å². The van der Waals surface area contributed by atoms with Crippen LogP contribution in [0.4, 0.5) is 0 Å². The molecule has 0 fully saturated rings. The van der Waals surface area contributed by atoms with Crippen molar-refractivity contribution in [2.45, 2.75) is 66.6 Å². The van der Waals surface area contributed by atoms with Gasteiger partial charge in [0.25, 0.3) is 0 Å². The summed E-state index contributed by atoms with van der Waals surface area (Å²) >= 11 is 2.04. The standard InChI is InChI=1S/C16H28S/c1-11-9-13(15(3,4)5)10-12(2)14(11)17-16(6,7)8/h9,12H,10H2,1-8H3. The van der Waals surface area contributed by atoms with Gasteiger partial charge in [-0.1, -0.05) is 60.1 Å². The molecule has 1 rings (SSSR count). The molecular weight excluding hydrogens is 224 g/mol. The molecule has 0 saturated carbocycles. The molecule has 0 radical (unpaired) electrons. The second-order valence-electron chi connectivity index (χ2n) is 7.29. The zero-order valence-electron chi connectivity index (χ0n) is 12.8. The fraction of sp³-hybridized carbons (Fsp3) is 0.750. The van der Waals surface area contributed by atoms with Gasteiger partial charge in [0, 0.05) is 4.75 Å². The summed E-state index contributed by atoms with van der Waals surface area (Å²) in [6, 6.07) is 0. The van der Waals surface area contributed by atoms with Crippen molar-refractivity contribution >= 4 is 11.8 Å². The van der Waals surface area contributed by atoms with E-state index < -0.39 is 0 Å². The van der Waals surface area contributed by atoms with Crippen molar-refractivity contribution in [2.24, 2.45) is 11.3 Å². The minimum atomic E-state index is 0.313. The topological polar surface area (TPSA) is 0 Å². The minimum Gasteiger partial charge on any atom is -0.124 e. The third kappa shape index (κ3) is 4.21. The molecule has 0 aromatic rings. The van der Waals surface area contributed by atoms with Crippen LogP contribution in [0.3, 0.4) is 0 Å². The molecule has 0 bridgehead atoms. The Bertz CT molecular complexity index is 345. The number of rotatable bonds is 1. The molecule has 0 aliphatic heterocycles. The molecule has 1 atom stereocenters. The van der Waals surface area contributed by atoms with Crippen LogP contribution in [0.15, 0.2) is 22.1 Å². The maximum atomic E-state index is 2.42. The molecule has 0 nitrogen and oxygen atoms in total. The third-order valence-electron chi connectivity index (χ3n) is 3.13. The van der Waals surface area contributed by atoms with Crippen molar-refractivity contribution in [3.8, 4) is 0 Å². The third-order valence-corrected chi connectivity index (χ3v) is 4.69. The lowest BCUT2D eigenvalue weighted by Crippen LogP contribution is -2.19. The fourth-order valence-corrected chi connectivity index (χ4v) is 3.40. The van der Waals surface area contributed by atoms with Gasteiger partial charge in [-0.3, -0.25) is 0 Å². The highest BCUT2D eigenvalue weighted by Gasteiger charge is 2.27. The van der Waals surface area contributed by atoms with Crippen LogP contribution in [0.2, 0.25) is 0 Å². The van der Waals surface area contributed by atoms with Crippen LogP contribution in [-0.4, -0.2) is 4.75 Å². The van der Waals surface area contributed by atoms with Gasteiger partial charge in [-0.05, 0) is 35.2 Å². The van der Waals surface area contributed by atoms with Crippen LogP contribution in [0.25, 0.3) is 0 Å². The van der Waals surface area contributed by atoms with Gasteiger partial charge in [-0.15, -0.1) is 11.8 Å². The van der Waals surface area contributed by atoms with Gasteiger partial charge in [0.15, 0.2) is 0 Å². The molecule has 1 aliphatic carbocycles. The summed E-state index contributed by atoms with van der Waals surface area (Å²) in [6.07, 6.45) is 3.65. The van der Waals surface area contributed by atoms with E-state index in [2.05, 4.69) is 61.5 Å². The molecule has 0 amide bonds. The maximum Gasteiger partial charge on any atom is 0.0119 e. The first-order valence-corrected chi connectivity index (χ1v) is 7.43. The van der Waals surface area contributed by atoms with Crippen LogP contribution in [0.1, 0.15) is 61.8 Å². The highest BCUT2D eigenvalue weighted by molar-refractivity contribution is 8.04. The molecule has 98 valence electrons. The average molecular weight is 252 g/mol. The molecule has 1 aliphatic rings. The Balaban J connectivity index is 3.03. The van der Waals surface area contributed by atoms with Crippen LogP contribution in [0.5, 0.6) is 0 Å². The Morgan fingerprint density at radius 1 is 1.12 bits per heavy atom. The number of allylic oxidation sites excluding steroid dienone is 4. The first kappa shape index (κ1) is 14.9. The molecule has 0 spiro atoms. The van der Waals surface area contributed by atoms with E-state index in [-0.39, 0.29) is 0 Å². The lowest BCUT2D eigenvalue weighted by atomic mass is 9.77. The number of thioether (sulfide) groups is 1. The lowest BCUT2D eigenvalue weighted by molar-refractivity contribution is 0.457. The van der Waals surface area contributed by atoms with E-state index in [1.165, 1.54) is 12.0 Å². The summed E-state index contributed by atoms with van der Waals surface area (Å²) in [7, 11) is 0. The Kier molecular flexibility index (Phi) is 4.24. The maximum absolute atomic E-state index is 2.42. The van der Waals surface area contributed by atoms with E-state index in [1.54, 1.807) is 10.5 Å². The van der Waals surface area contributed by atoms with Crippen LogP contribution in [-0.2, 0) is 0 Å². The SMILES string of the molecule is CC1=C(SC(C)(C)C)C(C)CC(C(C)(C)C)=C1. The molecule has 0 aromatic heterocycles. The van der Waals surface area contributed by atoms with Gasteiger partial charge >= 0.3 is 0 Å². The van der Waals surface area contributed by atoms with Gasteiger partial charge in [0.2, 0.25) is 0 Å².